The number of likely N-dealkylation sites (tertiary alicyclic amines) is 1. The second-order valence-electron chi connectivity index (χ2n) is 5.97. The topological polar surface area (TPSA) is 24.5 Å². The van der Waals surface area contributed by atoms with Crippen LogP contribution in [0.2, 0.25) is 0 Å². The molecule has 1 fully saturated rings. The fourth-order valence-corrected chi connectivity index (χ4v) is 2.61. The van der Waals surface area contributed by atoms with Crippen LogP contribution < -0.4 is 5.32 Å². The fourth-order valence-electron chi connectivity index (χ4n) is 2.61. The molecule has 0 radical (unpaired) electrons. The van der Waals surface area contributed by atoms with Crippen molar-refractivity contribution in [3.63, 3.8) is 0 Å². The van der Waals surface area contributed by atoms with Gasteiger partial charge in [0.2, 0.25) is 0 Å². The van der Waals surface area contributed by atoms with Crippen LogP contribution in [0, 0.1) is 5.41 Å². The number of ether oxygens (including phenoxy) is 1. The van der Waals surface area contributed by atoms with Crippen molar-refractivity contribution in [1.29, 1.82) is 0 Å². The van der Waals surface area contributed by atoms with Crippen molar-refractivity contribution in [3.8, 4) is 0 Å². The number of likely N-dealkylation sites (N-methyl/N-ethyl adjacent to an activating group) is 1. The number of methoxy groups -OCH3 is 1. The molecule has 0 amide bonds. The zero-order valence-electron chi connectivity index (χ0n) is 12.1. The number of rotatable bonds is 6. The molecule has 1 aliphatic rings. The van der Waals surface area contributed by atoms with Crippen LogP contribution >= 0.6 is 0 Å². The average molecular weight is 242 g/mol. The smallest absolute Gasteiger partial charge is 0.0630 e. The molecule has 0 aliphatic carbocycles. The Hall–Kier alpha value is -0.120. The Morgan fingerprint density at radius 1 is 1.29 bits per heavy atom. The van der Waals surface area contributed by atoms with E-state index in [0.717, 1.165) is 19.7 Å². The van der Waals surface area contributed by atoms with Crippen LogP contribution in [0.25, 0.3) is 0 Å². The van der Waals surface area contributed by atoms with Crippen molar-refractivity contribution in [2.75, 3.05) is 39.9 Å². The molecule has 1 N–H and O–H groups in total. The van der Waals surface area contributed by atoms with Crippen LogP contribution in [0.5, 0.6) is 0 Å². The zero-order chi connectivity index (χ0) is 12.7. The maximum atomic E-state index is 5.37. The Bertz CT molecular complexity index is 206. The Labute approximate surface area is 107 Å². The molecule has 3 heteroatoms. The van der Waals surface area contributed by atoms with Crippen molar-refractivity contribution >= 4 is 0 Å². The first-order valence-electron chi connectivity index (χ1n) is 7.03. The average Bonchev–Trinajstić information content (AvgIpc) is 2.46. The molecular weight excluding hydrogens is 212 g/mol. The summed E-state index contributed by atoms with van der Waals surface area (Å²) in [6.07, 6.45) is 3.98. The number of nitrogens with one attached hydrogen (secondary N) is 1. The third-order valence-corrected chi connectivity index (χ3v) is 3.88. The summed E-state index contributed by atoms with van der Waals surface area (Å²) < 4.78 is 5.37. The van der Waals surface area contributed by atoms with Crippen LogP contribution in [0.4, 0.5) is 0 Å². The lowest BCUT2D eigenvalue weighted by atomic mass is 9.85. The summed E-state index contributed by atoms with van der Waals surface area (Å²) >= 11 is 0. The van der Waals surface area contributed by atoms with Crippen molar-refractivity contribution in [1.82, 2.24) is 10.2 Å². The third kappa shape index (κ3) is 5.36. The van der Waals surface area contributed by atoms with Gasteiger partial charge in [-0.25, -0.2) is 0 Å². The van der Waals surface area contributed by atoms with Gasteiger partial charge in [0.05, 0.1) is 6.61 Å². The van der Waals surface area contributed by atoms with Gasteiger partial charge in [-0.3, -0.25) is 4.90 Å². The standard InChI is InChI=1S/C14H30N2O/c1-5-15-11-13(12-17-4)16-9-6-7-14(2,3)8-10-16/h13,15H,5-12H2,1-4H3. The molecule has 3 nitrogen and oxygen atoms in total. The molecule has 1 unspecified atom stereocenters. The van der Waals surface area contributed by atoms with E-state index in [0.29, 0.717) is 11.5 Å². The van der Waals surface area contributed by atoms with Crippen LogP contribution in [-0.2, 0) is 4.74 Å². The van der Waals surface area contributed by atoms with E-state index >= 15 is 0 Å². The number of nitrogens with zero attached hydrogens (tertiary/aromatic N) is 1. The molecule has 1 atom stereocenters. The van der Waals surface area contributed by atoms with Gasteiger partial charge in [0.15, 0.2) is 0 Å². The molecule has 1 aliphatic heterocycles. The third-order valence-electron chi connectivity index (χ3n) is 3.88. The highest BCUT2D eigenvalue weighted by Gasteiger charge is 2.26. The molecule has 1 heterocycles. The van der Waals surface area contributed by atoms with Gasteiger partial charge >= 0.3 is 0 Å². The Morgan fingerprint density at radius 3 is 2.71 bits per heavy atom. The van der Waals surface area contributed by atoms with Crippen LogP contribution in [0.3, 0.4) is 0 Å². The van der Waals surface area contributed by atoms with Crippen molar-refractivity contribution < 1.29 is 4.74 Å². The predicted octanol–water partition coefficient (Wildman–Crippen LogP) is 2.12. The minimum absolute atomic E-state index is 0.518. The van der Waals surface area contributed by atoms with Gasteiger partial charge in [0, 0.05) is 19.7 Å². The van der Waals surface area contributed by atoms with Gasteiger partial charge in [-0.05, 0) is 44.3 Å². The summed E-state index contributed by atoms with van der Waals surface area (Å²) in [5.74, 6) is 0. The van der Waals surface area contributed by atoms with Crippen molar-refractivity contribution in [3.05, 3.63) is 0 Å². The Morgan fingerprint density at radius 2 is 2.06 bits per heavy atom. The van der Waals surface area contributed by atoms with E-state index in [1.807, 2.05) is 0 Å². The zero-order valence-corrected chi connectivity index (χ0v) is 12.1. The summed E-state index contributed by atoms with van der Waals surface area (Å²) in [5.41, 5.74) is 0.518. The molecule has 0 aromatic heterocycles. The van der Waals surface area contributed by atoms with Crippen LogP contribution in [0.15, 0.2) is 0 Å². The summed E-state index contributed by atoms with van der Waals surface area (Å²) in [4.78, 5) is 2.61. The second kappa shape index (κ2) is 7.34. The maximum absolute atomic E-state index is 5.37. The van der Waals surface area contributed by atoms with Gasteiger partial charge in [-0.1, -0.05) is 20.8 Å². The summed E-state index contributed by atoms with van der Waals surface area (Å²) in [7, 11) is 1.81. The summed E-state index contributed by atoms with van der Waals surface area (Å²) in [6, 6.07) is 0.536. The van der Waals surface area contributed by atoms with Gasteiger partial charge in [-0.2, -0.15) is 0 Å². The molecule has 17 heavy (non-hydrogen) atoms. The molecule has 1 saturated heterocycles. The lowest BCUT2D eigenvalue weighted by Gasteiger charge is -2.31. The highest BCUT2D eigenvalue weighted by atomic mass is 16.5. The summed E-state index contributed by atoms with van der Waals surface area (Å²) in [5, 5.41) is 3.45. The Balaban J connectivity index is 2.48. The SMILES string of the molecule is CCNCC(COC)N1CCCC(C)(C)CC1. The lowest BCUT2D eigenvalue weighted by Crippen LogP contribution is -2.45. The normalized spacial score (nSPS) is 23.3. The van der Waals surface area contributed by atoms with Gasteiger partial charge < -0.3 is 10.1 Å². The molecular formula is C14H30N2O. The van der Waals surface area contributed by atoms with E-state index in [4.69, 9.17) is 4.74 Å². The van der Waals surface area contributed by atoms with Crippen molar-refractivity contribution in [2.45, 2.75) is 46.1 Å². The quantitative estimate of drug-likeness (QED) is 0.772. The summed E-state index contributed by atoms with van der Waals surface area (Å²) in [6.45, 7) is 12.3. The van der Waals surface area contributed by atoms with E-state index in [9.17, 15) is 0 Å². The molecule has 102 valence electrons. The number of hydrogen-bond donors (Lipinski definition) is 1. The highest BCUT2D eigenvalue weighted by Crippen LogP contribution is 2.30. The second-order valence-corrected chi connectivity index (χ2v) is 5.97. The first-order valence-corrected chi connectivity index (χ1v) is 7.03. The predicted molar refractivity (Wildman–Crippen MR) is 73.4 cm³/mol. The van der Waals surface area contributed by atoms with Gasteiger partial charge in [-0.15, -0.1) is 0 Å². The molecule has 0 aromatic rings. The Kier molecular flexibility index (Phi) is 6.45. The van der Waals surface area contributed by atoms with Crippen LogP contribution in [0.1, 0.15) is 40.0 Å². The number of hydrogen-bond acceptors (Lipinski definition) is 3. The minimum Gasteiger partial charge on any atom is -0.383 e. The molecule has 0 bridgehead atoms. The van der Waals surface area contributed by atoms with Crippen molar-refractivity contribution in [2.24, 2.45) is 5.41 Å². The van der Waals surface area contributed by atoms with E-state index in [1.165, 1.54) is 32.4 Å². The molecule has 0 aromatic carbocycles. The van der Waals surface area contributed by atoms with Gasteiger partial charge in [0.25, 0.3) is 0 Å². The fraction of sp³-hybridized carbons (Fsp3) is 1.00. The maximum Gasteiger partial charge on any atom is 0.0630 e. The van der Waals surface area contributed by atoms with E-state index < -0.39 is 0 Å². The largest absolute Gasteiger partial charge is 0.383 e. The highest BCUT2D eigenvalue weighted by molar-refractivity contribution is 4.81. The minimum atomic E-state index is 0.518. The van der Waals surface area contributed by atoms with E-state index in [1.54, 1.807) is 7.11 Å². The first kappa shape index (κ1) is 14.9. The first-order chi connectivity index (χ1) is 8.09. The monoisotopic (exact) mass is 242 g/mol. The van der Waals surface area contributed by atoms with E-state index in [-0.39, 0.29) is 0 Å². The lowest BCUT2D eigenvalue weighted by molar-refractivity contribution is 0.0896. The van der Waals surface area contributed by atoms with Crippen LogP contribution in [-0.4, -0.2) is 50.8 Å². The molecule has 0 saturated carbocycles. The van der Waals surface area contributed by atoms with Gasteiger partial charge in [0.1, 0.15) is 0 Å². The molecule has 1 rings (SSSR count). The molecule has 0 spiro atoms. The van der Waals surface area contributed by atoms with E-state index in [2.05, 4.69) is 31.0 Å².